The number of nitrogens with zero attached hydrogens (tertiary/aromatic N) is 6. The van der Waals surface area contributed by atoms with Crippen LogP contribution in [0.15, 0.2) is 52.8 Å². The van der Waals surface area contributed by atoms with E-state index in [9.17, 15) is 9.59 Å². The van der Waals surface area contributed by atoms with E-state index in [1.165, 1.54) is 29.5 Å². The van der Waals surface area contributed by atoms with Crippen molar-refractivity contribution >= 4 is 45.3 Å². The molecule has 4 aromatic rings. The first-order valence-electron chi connectivity index (χ1n) is 13.9. The summed E-state index contributed by atoms with van der Waals surface area (Å²) in [7, 11) is 3.22. The number of halogens is 3. The lowest BCUT2D eigenvalue weighted by Crippen LogP contribution is -2.58. The van der Waals surface area contributed by atoms with Gasteiger partial charge in [0.25, 0.3) is 0 Å². The molecule has 0 bridgehead atoms. The van der Waals surface area contributed by atoms with Gasteiger partial charge in [0.15, 0.2) is 0 Å². The van der Waals surface area contributed by atoms with E-state index < -0.39 is 23.5 Å². The van der Waals surface area contributed by atoms with Gasteiger partial charge in [-0.05, 0) is 26.0 Å². The molecule has 0 aliphatic carbocycles. The third kappa shape index (κ3) is 4.69. The summed E-state index contributed by atoms with van der Waals surface area (Å²) in [5, 5.41) is 5.24. The maximum Gasteiger partial charge on any atom is 0.417 e. The van der Waals surface area contributed by atoms with Gasteiger partial charge in [-0.2, -0.15) is 23.3 Å². The van der Waals surface area contributed by atoms with Crippen molar-refractivity contribution in [3.05, 3.63) is 59.2 Å². The third-order valence-electron chi connectivity index (χ3n) is 8.27. The highest BCUT2D eigenvalue weighted by Gasteiger charge is 2.41. The molecule has 0 unspecified atom stereocenters. The van der Waals surface area contributed by atoms with E-state index in [1.807, 2.05) is 24.8 Å². The van der Waals surface area contributed by atoms with Crippen LogP contribution in [0.25, 0.3) is 32.9 Å². The average molecular weight is 613 g/mol. The largest absolute Gasteiger partial charge is 0.417 e. The molecule has 226 valence electrons. The number of aromatic nitrogens is 4. The van der Waals surface area contributed by atoms with Crippen LogP contribution in [0.4, 0.5) is 19.0 Å². The molecule has 4 heterocycles. The number of methoxy groups -OCH3 is 1. The number of para-hydroxylation sites is 1. The molecule has 2 aliphatic heterocycles. The van der Waals surface area contributed by atoms with E-state index in [2.05, 4.69) is 16.7 Å². The molecule has 0 spiro atoms. The summed E-state index contributed by atoms with van der Waals surface area (Å²) in [5.74, 6) is 0.288. The molecule has 0 saturated carbocycles. The van der Waals surface area contributed by atoms with Crippen LogP contribution in [0.5, 0.6) is 0 Å². The Labute approximate surface area is 249 Å². The fourth-order valence-electron chi connectivity index (χ4n) is 6.61. The quantitative estimate of drug-likeness (QED) is 0.297. The molecule has 6 rings (SSSR count). The Morgan fingerprint density at radius 1 is 1.21 bits per heavy atom. The lowest BCUT2D eigenvalue weighted by Gasteiger charge is -2.45. The summed E-state index contributed by atoms with van der Waals surface area (Å²) in [6.45, 7) is 8.09. The number of carbonyl (C=O) groups excluding carboxylic acids is 1. The van der Waals surface area contributed by atoms with Gasteiger partial charge in [0, 0.05) is 71.9 Å². The highest BCUT2D eigenvalue weighted by atomic mass is 32.2. The fourth-order valence-corrected chi connectivity index (χ4v) is 7.92. The lowest BCUT2D eigenvalue weighted by molar-refractivity contribution is -0.137. The molecule has 9 nitrogen and oxygen atoms in total. The number of piperazine rings is 1. The topological polar surface area (TPSA) is 85.5 Å². The van der Waals surface area contributed by atoms with Gasteiger partial charge in [0.05, 0.1) is 35.4 Å². The monoisotopic (exact) mass is 612 g/mol. The Morgan fingerprint density at radius 2 is 1.93 bits per heavy atom. The number of anilines is 1. The number of hydrogen-bond donors (Lipinski definition) is 0. The molecule has 43 heavy (non-hydrogen) atoms. The molecule has 2 aliphatic rings. The summed E-state index contributed by atoms with van der Waals surface area (Å²) < 4.78 is 53.7. The van der Waals surface area contributed by atoms with Crippen molar-refractivity contribution in [2.75, 3.05) is 37.5 Å². The summed E-state index contributed by atoms with van der Waals surface area (Å²) in [6, 6.07) is 5.33. The second-order valence-corrected chi connectivity index (χ2v) is 12.1. The molecule has 2 aromatic carbocycles. The molecule has 3 atom stereocenters. The van der Waals surface area contributed by atoms with E-state index in [4.69, 9.17) is 4.74 Å². The molecule has 1 fully saturated rings. The van der Waals surface area contributed by atoms with Gasteiger partial charge in [0.1, 0.15) is 5.82 Å². The second-order valence-electron chi connectivity index (χ2n) is 11.1. The highest BCUT2D eigenvalue weighted by molar-refractivity contribution is 7.99. The maximum absolute atomic E-state index is 15.1. The van der Waals surface area contributed by atoms with Gasteiger partial charge in [-0.3, -0.25) is 14.0 Å². The lowest BCUT2D eigenvalue weighted by atomic mass is 9.94. The Balaban J connectivity index is 1.68. The van der Waals surface area contributed by atoms with Gasteiger partial charge in [-0.25, -0.2) is 4.79 Å². The number of ether oxygens (including phenoxy) is 1. The number of aryl methyl sites for hydroxylation is 1. The Bertz CT molecular complexity index is 1820. The van der Waals surface area contributed by atoms with Crippen LogP contribution in [0.3, 0.4) is 0 Å². The van der Waals surface area contributed by atoms with Crippen LogP contribution in [0, 0.1) is 0 Å². The van der Waals surface area contributed by atoms with Crippen molar-refractivity contribution in [2.45, 2.75) is 43.0 Å². The third-order valence-corrected chi connectivity index (χ3v) is 9.51. The van der Waals surface area contributed by atoms with E-state index >= 15 is 13.2 Å². The molecule has 2 aromatic heterocycles. The van der Waals surface area contributed by atoms with Gasteiger partial charge < -0.3 is 14.5 Å². The first-order valence-corrected chi connectivity index (χ1v) is 14.9. The smallest absolute Gasteiger partial charge is 0.383 e. The van der Waals surface area contributed by atoms with E-state index in [-0.39, 0.29) is 54.5 Å². The molecule has 0 radical (unpaired) electrons. The zero-order chi connectivity index (χ0) is 30.8. The number of benzene rings is 2. The minimum Gasteiger partial charge on any atom is -0.383 e. The van der Waals surface area contributed by atoms with Gasteiger partial charge in [-0.1, -0.05) is 24.8 Å². The second kappa shape index (κ2) is 10.7. The molecule has 0 N–H and O–H groups in total. The number of thioether (sulfide) groups is 1. The van der Waals surface area contributed by atoms with E-state index in [0.29, 0.717) is 32.6 Å². The SMILES string of the molecule is C=CC(=O)N1[C@H](C)CN(c2nc(=O)n3c4c(c(-c5cccc6cnn(C)c56)c(C(F)(F)F)cc24)SC[C@@H]3COC)C[C@@H]1C. The van der Waals surface area contributed by atoms with Crippen molar-refractivity contribution in [1.82, 2.24) is 24.2 Å². The van der Waals surface area contributed by atoms with E-state index in [0.717, 1.165) is 6.07 Å². The summed E-state index contributed by atoms with van der Waals surface area (Å²) in [5.41, 5.74) is 0.00756. The Hall–Kier alpha value is -3.84. The van der Waals surface area contributed by atoms with Crippen molar-refractivity contribution in [3.63, 3.8) is 0 Å². The number of carbonyl (C=O) groups is 1. The standard InChI is InChI=1S/C30H31F3N6O3S/c1-6-23(40)38-16(2)12-37(13-17(38)3)28-21-10-22(30(31,32)33)24(20-9-7-8-18-11-34-36(4)25(18)20)27-26(21)39(29(41)35-28)19(14-42-5)15-43-27/h6-11,16-17,19H,1,12-15H2,2-5H3/t16-,17+,19-/m0/s1. The highest BCUT2D eigenvalue weighted by Crippen LogP contribution is 2.51. The molecular formula is C30H31F3N6O3S. The molecular weight excluding hydrogens is 581 g/mol. The molecule has 1 amide bonds. The Morgan fingerprint density at radius 3 is 2.58 bits per heavy atom. The van der Waals surface area contributed by atoms with Crippen LogP contribution in [0.1, 0.15) is 25.5 Å². The minimum atomic E-state index is -4.71. The summed E-state index contributed by atoms with van der Waals surface area (Å²) >= 11 is 1.29. The van der Waals surface area contributed by atoms with Crippen LogP contribution in [-0.4, -0.2) is 74.8 Å². The first kappa shape index (κ1) is 29.2. The predicted molar refractivity (Wildman–Crippen MR) is 161 cm³/mol. The number of rotatable bonds is 5. The maximum atomic E-state index is 15.1. The van der Waals surface area contributed by atoms with Crippen molar-refractivity contribution in [2.24, 2.45) is 7.05 Å². The summed E-state index contributed by atoms with van der Waals surface area (Å²) in [4.78, 5) is 34.6. The normalized spacial score (nSPS) is 20.7. The van der Waals surface area contributed by atoms with Crippen molar-refractivity contribution in [3.8, 4) is 11.1 Å². The molecule has 13 heteroatoms. The average Bonchev–Trinajstić information content (AvgIpc) is 3.34. The van der Waals surface area contributed by atoms with Crippen LogP contribution in [-0.2, 0) is 22.8 Å². The summed E-state index contributed by atoms with van der Waals surface area (Å²) in [6.07, 6.45) is -1.83. The first-order chi connectivity index (χ1) is 20.5. The van der Waals surface area contributed by atoms with Gasteiger partial charge >= 0.3 is 11.9 Å². The van der Waals surface area contributed by atoms with E-state index in [1.54, 1.807) is 35.0 Å². The van der Waals surface area contributed by atoms with Crippen molar-refractivity contribution in [1.29, 1.82) is 0 Å². The number of amides is 1. The minimum absolute atomic E-state index is 0.0171. The zero-order valence-electron chi connectivity index (χ0n) is 24.2. The molecule has 1 saturated heterocycles. The zero-order valence-corrected chi connectivity index (χ0v) is 25.0. The van der Waals surface area contributed by atoms with Gasteiger partial charge in [-0.15, -0.1) is 11.8 Å². The number of alkyl halides is 3. The number of fused-ring (bicyclic) bond motifs is 1. The number of hydrogen-bond acceptors (Lipinski definition) is 7. The Kier molecular flexibility index (Phi) is 7.28. The van der Waals surface area contributed by atoms with Crippen LogP contribution >= 0.6 is 11.8 Å². The van der Waals surface area contributed by atoms with Crippen LogP contribution < -0.4 is 10.6 Å². The van der Waals surface area contributed by atoms with Crippen molar-refractivity contribution < 1.29 is 22.7 Å². The van der Waals surface area contributed by atoms with Gasteiger partial charge in [0.2, 0.25) is 5.91 Å². The van der Waals surface area contributed by atoms with Crippen LogP contribution in [0.2, 0.25) is 0 Å². The fraction of sp³-hybridized carbons (Fsp3) is 0.400. The predicted octanol–water partition coefficient (Wildman–Crippen LogP) is 4.87.